The van der Waals surface area contributed by atoms with Crippen LogP contribution >= 0.6 is 0 Å². The molecule has 0 spiro atoms. The molecule has 21 heavy (non-hydrogen) atoms. The minimum Gasteiger partial charge on any atom is -0.480 e. The van der Waals surface area contributed by atoms with Crippen LogP contribution in [0, 0.1) is 5.92 Å². The Labute approximate surface area is 121 Å². The topological polar surface area (TPSA) is 105 Å². The van der Waals surface area contributed by atoms with Gasteiger partial charge in [0.15, 0.2) is 0 Å². The lowest BCUT2D eigenvalue weighted by Gasteiger charge is -2.20. The zero-order valence-corrected chi connectivity index (χ0v) is 11.9. The van der Waals surface area contributed by atoms with Gasteiger partial charge in [0.1, 0.15) is 6.54 Å². The summed E-state index contributed by atoms with van der Waals surface area (Å²) < 4.78 is 1.22. The van der Waals surface area contributed by atoms with Gasteiger partial charge in [0, 0.05) is 25.2 Å². The van der Waals surface area contributed by atoms with Crippen LogP contribution in [0.5, 0.6) is 0 Å². The summed E-state index contributed by atoms with van der Waals surface area (Å²) >= 11 is 0. The maximum absolute atomic E-state index is 12.1. The Morgan fingerprint density at radius 2 is 2.24 bits per heavy atom. The lowest BCUT2D eigenvalue weighted by atomic mass is 10.1. The first kappa shape index (κ1) is 15.0. The summed E-state index contributed by atoms with van der Waals surface area (Å²) in [4.78, 5) is 36.1. The van der Waals surface area contributed by atoms with Crippen LogP contribution in [0.4, 0.5) is 5.69 Å². The van der Waals surface area contributed by atoms with Crippen LogP contribution in [0.25, 0.3) is 0 Å². The van der Waals surface area contributed by atoms with Crippen molar-refractivity contribution in [2.75, 3.05) is 11.9 Å². The van der Waals surface area contributed by atoms with Crippen molar-refractivity contribution in [3.05, 3.63) is 12.4 Å². The fourth-order valence-corrected chi connectivity index (χ4v) is 2.30. The van der Waals surface area contributed by atoms with Gasteiger partial charge in [-0.25, -0.2) is 0 Å². The molecule has 1 aliphatic rings. The third kappa shape index (κ3) is 3.59. The number of carboxylic acid groups (broad SMARTS) is 1. The highest BCUT2D eigenvalue weighted by atomic mass is 16.4. The molecule has 1 saturated heterocycles. The maximum Gasteiger partial charge on any atom is 0.325 e. The van der Waals surface area contributed by atoms with Crippen molar-refractivity contribution in [3.63, 3.8) is 0 Å². The van der Waals surface area contributed by atoms with Crippen molar-refractivity contribution in [1.82, 2.24) is 14.7 Å². The maximum atomic E-state index is 12.1. The van der Waals surface area contributed by atoms with Gasteiger partial charge in [-0.1, -0.05) is 0 Å². The first-order valence-electron chi connectivity index (χ1n) is 6.71. The number of hydrogen-bond acceptors (Lipinski definition) is 4. The Bertz CT molecular complexity index is 566. The molecule has 1 atom stereocenters. The summed E-state index contributed by atoms with van der Waals surface area (Å²) in [5.41, 5.74) is 0.427. The predicted molar refractivity (Wildman–Crippen MR) is 73.4 cm³/mol. The van der Waals surface area contributed by atoms with Crippen molar-refractivity contribution >= 4 is 23.5 Å². The fourth-order valence-electron chi connectivity index (χ4n) is 2.30. The van der Waals surface area contributed by atoms with Gasteiger partial charge in [-0.15, -0.1) is 0 Å². The van der Waals surface area contributed by atoms with E-state index in [1.165, 1.54) is 17.1 Å². The van der Waals surface area contributed by atoms with Crippen molar-refractivity contribution in [2.45, 2.75) is 32.9 Å². The number of carboxylic acids is 1. The van der Waals surface area contributed by atoms with E-state index in [1.54, 1.807) is 4.90 Å². The minimum absolute atomic E-state index is 0.0216. The first-order chi connectivity index (χ1) is 9.86. The molecule has 1 unspecified atom stereocenters. The number of carbonyl (C=O) groups is 3. The third-order valence-electron chi connectivity index (χ3n) is 3.35. The van der Waals surface area contributed by atoms with E-state index in [-0.39, 0.29) is 36.7 Å². The van der Waals surface area contributed by atoms with Gasteiger partial charge in [0.25, 0.3) is 0 Å². The van der Waals surface area contributed by atoms with Gasteiger partial charge >= 0.3 is 5.97 Å². The predicted octanol–water partition coefficient (Wildman–Crippen LogP) is 0.163. The molecule has 2 N–H and O–H groups in total. The van der Waals surface area contributed by atoms with Gasteiger partial charge in [0.05, 0.1) is 17.8 Å². The normalized spacial score (nSPS) is 18.3. The molecule has 0 aromatic carbocycles. The molecule has 2 amide bonds. The molecule has 1 aliphatic heterocycles. The highest BCUT2D eigenvalue weighted by Crippen LogP contribution is 2.21. The number of amides is 2. The zero-order valence-electron chi connectivity index (χ0n) is 11.9. The monoisotopic (exact) mass is 294 g/mol. The highest BCUT2D eigenvalue weighted by molar-refractivity contribution is 5.97. The van der Waals surface area contributed by atoms with Crippen molar-refractivity contribution in [3.8, 4) is 0 Å². The number of aliphatic carboxylic acids is 1. The number of nitrogens with zero attached hydrogens (tertiary/aromatic N) is 3. The Balaban J connectivity index is 1.94. The minimum atomic E-state index is -1.01. The molecule has 8 nitrogen and oxygen atoms in total. The number of carbonyl (C=O) groups excluding carboxylic acids is 2. The summed E-state index contributed by atoms with van der Waals surface area (Å²) in [6.07, 6.45) is 3.04. The Hall–Kier alpha value is -2.38. The van der Waals surface area contributed by atoms with Crippen molar-refractivity contribution in [2.24, 2.45) is 5.92 Å². The molecule has 1 fully saturated rings. The lowest BCUT2D eigenvalue weighted by molar-refractivity contribution is -0.138. The van der Waals surface area contributed by atoms with Crippen molar-refractivity contribution in [1.29, 1.82) is 0 Å². The highest BCUT2D eigenvalue weighted by Gasteiger charge is 2.35. The number of anilines is 1. The first-order valence-corrected chi connectivity index (χ1v) is 6.71. The zero-order chi connectivity index (χ0) is 15.6. The average Bonchev–Trinajstić information content (AvgIpc) is 2.95. The van der Waals surface area contributed by atoms with E-state index in [0.717, 1.165) is 0 Å². The van der Waals surface area contributed by atoms with E-state index in [4.69, 9.17) is 5.11 Å². The molecule has 8 heteroatoms. The molecular formula is C13H18N4O4. The van der Waals surface area contributed by atoms with Crippen LogP contribution in [0.1, 0.15) is 20.3 Å². The van der Waals surface area contributed by atoms with E-state index < -0.39 is 5.97 Å². The second-order valence-corrected chi connectivity index (χ2v) is 5.35. The van der Waals surface area contributed by atoms with Crippen LogP contribution in [0.3, 0.4) is 0 Å². The quantitative estimate of drug-likeness (QED) is 0.805. The number of rotatable bonds is 5. The van der Waals surface area contributed by atoms with Gasteiger partial charge in [-0.2, -0.15) is 5.10 Å². The van der Waals surface area contributed by atoms with Gasteiger partial charge in [-0.3, -0.25) is 19.1 Å². The SMILES string of the molecule is CC(C)N1CC(C(=O)Nc2cnn(CC(=O)O)c2)CC1=O. The van der Waals surface area contributed by atoms with Gasteiger partial charge < -0.3 is 15.3 Å². The molecule has 1 aromatic heterocycles. The summed E-state index contributed by atoms with van der Waals surface area (Å²) in [6.45, 7) is 3.97. The third-order valence-corrected chi connectivity index (χ3v) is 3.35. The standard InChI is InChI=1S/C13H18N4O4/c1-8(2)17-5-9(3-11(17)18)13(21)15-10-4-14-16(6-10)7-12(19)20/h4,6,8-9H,3,5,7H2,1-2H3,(H,15,21)(H,19,20). The Kier molecular flexibility index (Phi) is 4.25. The van der Waals surface area contributed by atoms with Crippen LogP contribution in [0.15, 0.2) is 12.4 Å². The van der Waals surface area contributed by atoms with Gasteiger partial charge in [0.2, 0.25) is 11.8 Å². The molecule has 1 aromatic rings. The van der Waals surface area contributed by atoms with E-state index in [1.807, 2.05) is 13.8 Å². The van der Waals surface area contributed by atoms with E-state index in [2.05, 4.69) is 10.4 Å². The molecule has 0 aliphatic carbocycles. The molecular weight excluding hydrogens is 276 g/mol. The fraction of sp³-hybridized carbons (Fsp3) is 0.538. The second-order valence-electron chi connectivity index (χ2n) is 5.35. The van der Waals surface area contributed by atoms with Crippen LogP contribution < -0.4 is 5.32 Å². The van der Waals surface area contributed by atoms with Crippen molar-refractivity contribution < 1.29 is 19.5 Å². The average molecular weight is 294 g/mol. The summed E-state index contributed by atoms with van der Waals surface area (Å²) in [5.74, 6) is -1.67. The Morgan fingerprint density at radius 1 is 1.52 bits per heavy atom. The molecule has 114 valence electrons. The van der Waals surface area contributed by atoms with Crippen LogP contribution in [0.2, 0.25) is 0 Å². The number of aromatic nitrogens is 2. The number of nitrogens with one attached hydrogen (secondary N) is 1. The largest absolute Gasteiger partial charge is 0.480 e. The van der Waals surface area contributed by atoms with E-state index in [9.17, 15) is 14.4 Å². The molecule has 2 heterocycles. The summed E-state index contributed by atoms with van der Waals surface area (Å²) in [7, 11) is 0. The number of likely N-dealkylation sites (tertiary alicyclic amines) is 1. The number of hydrogen-bond donors (Lipinski definition) is 2. The van der Waals surface area contributed by atoms with Crippen LogP contribution in [-0.2, 0) is 20.9 Å². The smallest absolute Gasteiger partial charge is 0.325 e. The summed E-state index contributed by atoms with van der Waals surface area (Å²) in [5, 5.41) is 15.2. The van der Waals surface area contributed by atoms with Gasteiger partial charge in [-0.05, 0) is 13.8 Å². The Morgan fingerprint density at radius 3 is 2.81 bits per heavy atom. The molecule has 0 saturated carbocycles. The van der Waals surface area contributed by atoms with E-state index >= 15 is 0 Å². The second kappa shape index (κ2) is 5.94. The molecule has 0 bridgehead atoms. The molecule has 2 rings (SSSR count). The summed E-state index contributed by atoms with van der Waals surface area (Å²) in [6, 6.07) is 0.0774. The van der Waals surface area contributed by atoms with Crippen LogP contribution in [-0.4, -0.2) is 50.2 Å². The van der Waals surface area contributed by atoms with E-state index in [0.29, 0.717) is 12.2 Å². The molecule has 0 radical (unpaired) electrons. The lowest BCUT2D eigenvalue weighted by Crippen LogP contribution is -2.33.